The van der Waals surface area contributed by atoms with Crippen molar-refractivity contribution in [3.8, 4) is 24.0 Å². The molecule has 262 valence electrons. The van der Waals surface area contributed by atoms with Crippen LogP contribution in [0.2, 0.25) is 0 Å². The molecule has 0 bridgehead atoms. The van der Waals surface area contributed by atoms with Gasteiger partial charge in [-0.3, -0.25) is 0 Å². The maximum Gasteiger partial charge on any atom is 0.172 e. The fourth-order valence-corrected chi connectivity index (χ4v) is 6.85. The Morgan fingerprint density at radius 1 is 0.846 bits per heavy atom. The van der Waals surface area contributed by atoms with E-state index in [0.717, 1.165) is 76.7 Å². The molecule has 0 aliphatic carbocycles. The number of aliphatic hydroxyl groups is 1. The van der Waals surface area contributed by atoms with Crippen LogP contribution in [-0.2, 0) is 16.9 Å². The second-order valence-electron chi connectivity index (χ2n) is 12.5. The summed E-state index contributed by atoms with van der Waals surface area (Å²) in [6, 6.07) is 36.0. The zero-order chi connectivity index (χ0) is 36.8. The molecular formula is C44H42N4O3S. The van der Waals surface area contributed by atoms with Crippen LogP contribution in [0, 0.1) is 34.0 Å². The Bertz CT molecular complexity index is 2060. The smallest absolute Gasteiger partial charge is 0.172 e. The Labute approximate surface area is 310 Å². The lowest BCUT2D eigenvalue weighted by Gasteiger charge is -2.27. The van der Waals surface area contributed by atoms with Crippen molar-refractivity contribution in [2.45, 2.75) is 51.7 Å². The fourth-order valence-electron chi connectivity index (χ4n) is 6.03. The van der Waals surface area contributed by atoms with Gasteiger partial charge < -0.3 is 19.5 Å². The molecule has 1 aliphatic heterocycles. The molecule has 1 N–H and O–H groups in total. The van der Waals surface area contributed by atoms with E-state index < -0.39 is 5.60 Å². The van der Waals surface area contributed by atoms with Crippen LogP contribution in [0.25, 0.3) is 18.2 Å². The van der Waals surface area contributed by atoms with Crippen LogP contribution in [0.3, 0.4) is 0 Å². The van der Waals surface area contributed by atoms with Crippen LogP contribution in [0.4, 0.5) is 5.69 Å². The zero-order valence-electron chi connectivity index (χ0n) is 29.6. The monoisotopic (exact) mass is 706 g/mol. The quantitative estimate of drug-likeness (QED) is 0.0911. The third-order valence-electron chi connectivity index (χ3n) is 8.91. The van der Waals surface area contributed by atoms with Crippen molar-refractivity contribution in [3.05, 3.63) is 146 Å². The van der Waals surface area contributed by atoms with Gasteiger partial charge in [-0.1, -0.05) is 80.1 Å². The predicted octanol–water partition coefficient (Wildman–Crippen LogP) is 9.96. The minimum absolute atomic E-state index is 0.00301. The Balaban J connectivity index is 1.43. The lowest BCUT2D eigenvalue weighted by Crippen LogP contribution is -2.25. The number of unbranched alkanes of at least 4 members (excludes halogenated alkanes) is 2. The minimum atomic E-state index is -1.07. The van der Waals surface area contributed by atoms with Crippen molar-refractivity contribution >= 4 is 35.3 Å². The van der Waals surface area contributed by atoms with Crippen molar-refractivity contribution < 1.29 is 14.6 Å². The van der Waals surface area contributed by atoms with Gasteiger partial charge in [0.2, 0.25) is 0 Å². The molecule has 7 nitrogen and oxygen atoms in total. The highest BCUT2D eigenvalue weighted by Gasteiger charge is 2.43. The van der Waals surface area contributed by atoms with Gasteiger partial charge in [0, 0.05) is 52.3 Å². The van der Waals surface area contributed by atoms with Crippen LogP contribution in [-0.4, -0.2) is 24.8 Å². The number of rotatable bonds is 16. The van der Waals surface area contributed by atoms with Crippen molar-refractivity contribution in [2.24, 2.45) is 0 Å². The van der Waals surface area contributed by atoms with Gasteiger partial charge in [-0.25, -0.2) is 0 Å². The van der Waals surface area contributed by atoms with Gasteiger partial charge in [0.15, 0.2) is 16.9 Å². The van der Waals surface area contributed by atoms with Crippen LogP contribution in [0.5, 0.6) is 5.75 Å². The molecule has 0 fully saturated rings. The molecule has 4 aromatic rings. The average Bonchev–Trinajstić information content (AvgIpc) is 3.76. The maximum absolute atomic E-state index is 10.2. The summed E-state index contributed by atoms with van der Waals surface area (Å²) in [5, 5.41) is 38.7. The summed E-state index contributed by atoms with van der Waals surface area (Å²) in [5.41, 5.74) is 3.41. The van der Waals surface area contributed by atoms with E-state index in [9.17, 15) is 20.9 Å². The van der Waals surface area contributed by atoms with E-state index in [-0.39, 0.29) is 23.5 Å². The van der Waals surface area contributed by atoms with Gasteiger partial charge in [0.1, 0.15) is 36.1 Å². The molecule has 1 unspecified atom stereocenters. The summed E-state index contributed by atoms with van der Waals surface area (Å²) in [6.07, 6.45) is 11.8. The van der Waals surface area contributed by atoms with Gasteiger partial charge in [-0.05, 0) is 79.8 Å². The van der Waals surface area contributed by atoms with Crippen LogP contribution in [0.1, 0.15) is 66.0 Å². The van der Waals surface area contributed by atoms with Gasteiger partial charge in [-0.15, -0.1) is 11.3 Å². The molecular weight excluding hydrogens is 665 g/mol. The standard InChI is InChI=1S/C44H42N4O3S/c1-3-4-25-48(26-11-12-27-49)37-19-17-34(42(28-37)50-32-33-13-7-5-8-14-33)18-20-38-21-22-39(52-38)23-24-41-40(31-47)43(35(29-45)30-46)51-44(41,2)36-15-9-6-10-16-36/h5-10,13-24,28,49H,3-4,11-12,25-27,32H2,1-2H3/b20-18+,24-23+. The normalized spacial score (nSPS) is 15.3. The number of nitriles is 3. The molecule has 5 rings (SSSR count). The Kier molecular flexibility index (Phi) is 13.2. The number of aliphatic hydroxyl groups excluding tert-OH is 1. The van der Waals surface area contributed by atoms with Crippen molar-refractivity contribution in [1.29, 1.82) is 15.8 Å². The molecule has 52 heavy (non-hydrogen) atoms. The predicted molar refractivity (Wildman–Crippen MR) is 209 cm³/mol. The lowest BCUT2D eigenvalue weighted by atomic mass is 9.86. The number of hydrogen-bond acceptors (Lipinski definition) is 8. The second-order valence-corrected chi connectivity index (χ2v) is 13.7. The zero-order valence-corrected chi connectivity index (χ0v) is 30.4. The summed E-state index contributed by atoms with van der Waals surface area (Å²) < 4.78 is 12.7. The van der Waals surface area contributed by atoms with Gasteiger partial charge in [0.05, 0.1) is 0 Å². The first-order valence-corrected chi connectivity index (χ1v) is 18.3. The highest BCUT2D eigenvalue weighted by molar-refractivity contribution is 7.13. The SMILES string of the molecule is CCCCN(CCCCO)c1ccc(/C=C/c2ccc(/C=C/C3=C(C#N)C(=C(C#N)C#N)OC3(C)c3ccccc3)s2)c(OCc2ccccc2)c1. The largest absolute Gasteiger partial charge is 0.488 e. The highest BCUT2D eigenvalue weighted by Crippen LogP contribution is 2.47. The van der Waals surface area contributed by atoms with E-state index in [1.807, 2.05) is 91.9 Å². The number of ether oxygens (including phenoxy) is 2. The Hall–Kier alpha value is -5.85. The first-order valence-electron chi connectivity index (χ1n) is 17.5. The maximum atomic E-state index is 10.2. The lowest BCUT2D eigenvalue weighted by molar-refractivity contribution is 0.0755. The summed E-state index contributed by atoms with van der Waals surface area (Å²) in [4.78, 5) is 4.38. The fraction of sp³-hybridized carbons (Fsp3) is 0.250. The van der Waals surface area contributed by atoms with Crippen LogP contribution in [0.15, 0.2) is 120 Å². The third-order valence-corrected chi connectivity index (χ3v) is 9.93. The summed E-state index contributed by atoms with van der Waals surface area (Å²) in [5.74, 6) is 0.802. The average molecular weight is 707 g/mol. The molecule has 2 heterocycles. The minimum Gasteiger partial charge on any atom is -0.488 e. The Morgan fingerprint density at radius 2 is 1.52 bits per heavy atom. The first kappa shape index (κ1) is 37.4. The molecule has 1 aromatic heterocycles. The van der Waals surface area contributed by atoms with E-state index in [4.69, 9.17) is 9.47 Å². The van der Waals surface area contributed by atoms with Gasteiger partial charge in [-0.2, -0.15) is 15.8 Å². The van der Waals surface area contributed by atoms with Gasteiger partial charge in [0.25, 0.3) is 0 Å². The van der Waals surface area contributed by atoms with Crippen molar-refractivity contribution in [1.82, 2.24) is 0 Å². The Morgan fingerprint density at radius 3 is 2.17 bits per heavy atom. The van der Waals surface area contributed by atoms with E-state index in [2.05, 4.69) is 60.4 Å². The molecule has 8 heteroatoms. The highest BCUT2D eigenvalue weighted by atomic mass is 32.1. The third kappa shape index (κ3) is 9.08. The molecule has 1 aliphatic rings. The van der Waals surface area contributed by atoms with Crippen LogP contribution < -0.4 is 9.64 Å². The molecule has 0 saturated heterocycles. The molecule has 0 radical (unpaired) electrons. The number of benzene rings is 3. The van der Waals surface area contributed by atoms with E-state index >= 15 is 0 Å². The number of anilines is 1. The van der Waals surface area contributed by atoms with Crippen LogP contribution >= 0.6 is 11.3 Å². The molecule has 0 amide bonds. The molecule has 3 aromatic carbocycles. The number of nitrogens with zero attached hydrogens (tertiary/aromatic N) is 4. The number of thiophene rings is 1. The van der Waals surface area contributed by atoms with Crippen molar-refractivity contribution in [3.63, 3.8) is 0 Å². The molecule has 0 spiro atoms. The number of hydrogen-bond donors (Lipinski definition) is 1. The van der Waals surface area contributed by atoms with E-state index in [0.29, 0.717) is 12.2 Å². The van der Waals surface area contributed by atoms with E-state index in [1.165, 1.54) is 0 Å². The van der Waals surface area contributed by atoms with E-state index in [1.54, 1.807) is 11.3 Å². The number of allylic oxidation sites excluding steroid dienone is 2. The molecule has 1 atom stereocenters. The van der Waals surface area contributed by atoms with Crippen molar-refractivity contribution in [2.75, 3.05) is 24.6 Å². The summed E-state index contributed by atoms with van der Waals surface area (Å²) in [6.45, 7) is 6.51. The first-order chi connectivity index (χ1) is 25.4. The topological polar surface area (TPSA) is 113 Å². The molecule has 0 saturated carbocycles. The summed E-state index contributed by atoms with van der Waals surface area (Å²) >= 11 is 1.59. The van der Waals surface area contributed by atoms with Gasteiger partial charge >= 0.3 is 0 Å². The second kappa shape index (κ2) is 18.4. The summed E-state index contributed by atoms with van der Waals surface area (Å²) in [7, 11) is 0.